The normalized spacial score (nSPS) is 12.2. The van der Waals surface area contributed by atoms with Crippen LogP contribution in [0.5, 0.6) is 0 Å². The summed E-state index contributed by atoms with van der Waals surface area (Å²) in [5, 5.41) is 3.97. The standard InChI is InChI=1S/C48H92N2/c1-3-5-7-9-11-13-15-17-19-21-23-25-27-29-31-33-35-37-43-48(50-45-47-41-39-38-40-46(47)44-49)42-36-34-32-30-28-26-24-22-20-18-16-14-12-10-8-6-4-2/h38-41,48,50H,3-37,42-45,49H2,1-2H3. The van der Waals surface area contributed by atoms with Crippen molar-refractivity contribution in [3.63, 3.8) is 0 Å². The maximum absolute atomic E-state index is 6.05. The Bertz CT molecular complexity index is 775. The topological polar surface area (TPSA) is 38.0 Å². The van der Waals surface area contributed by atoms with Gasteiger partial charge in [0, 0.05) is 19.1 Å². The van der Waals surface area contributed by atoms with Gasteiger partial charge in [-0.05, 0) is 24.0 Å². The van der Waals surface area contributed by atoms with Gasteiger partial charge in [-0.25, -0.2) is 0 Å². The van der Waals surface area contributed by atoms with Gasteiger partial charge in [-0.15, -0.1) is 0 Å². The van der Waals surface area contributed by atoms with E-state index in [-0.39, 0.29) is 0 Å². The van der Waals surface area contributed by atoms with Crippen LogP contribution in [0.3, 0.4) is 0 Å². The van der Waals surface area contributed by atoms with Crippen molar-refractivity contribution in [1.82, 2.24) is 5.32 Å². The molecule has 0 fully saturated rings. The summed E-state index contributed by atoms with van der Waals surface area (Å²) in [7, 11) is 0. The van der Waals surface area contributed by atoms with Crippen molar-refractivity contribution >= 4 is 0 Å². The van der Waals surface area contributed by atoms with E-state index >= 15 is 0 Å². The Morgan fingerprint density at radius 3 is 0.920 bits per heavy atom. The molecular formula is C48H92N2. The summed E-state index contributed by atoms with van der Waals surface area (Å²) in [6, 6.07) is 9.40. The molecule has 0 spiro atoms. The third-order valence-corrected chi connectivity index (χ3v) is 11.5. The molecule has 0 aliphatic rings. The second kappa shape index (κ2) is 39.3. The van der Waals surface area contributed by atoms with E-state index in [0.29, 0.717) is 12.6 Å². The zero-order valence-electron chi connectivity index (χ0n) is 34.5. The minimum absolute atomic E-state index is 0.640. The van der Waals surface area contributed by atoms with Crippen molar-refractivity contribution < 1.29 is 0 Å². The summed E-state index contributed by atoms with van der Waals surface area (Å²) >= 11 is 0. The SMILES string of the molecule is CCCCCCCCCCCCCCCCCCCCC(CCCCCCCCCCCCCCCCCCC)NCc1ccccc1CN. The van der Waals surface area contributed by atoms with Crippen LogP contribution in [0.4, 0.5) is 0 Å². The number of nitrogens with two attached hydrogens (primary N) is 1. The molecule has 1 rings (SSSR count). The van der Waals surface area contributed by atoms with Gasteiger partial charge in [0.05, 0.1) is 0 Å². The number of benzene rings is 1. The molecule has 0 saturated heterocycles. The molecule has 1 atom stereocenters. The summed E-state index contributed by atoms with van der Waals surface area (Å²) < 4.78 is 0. The zero-order chi connectivity index (χ0) is 35.8. The van der Waals surface area contributed by atoms with Crippen LogP contribution in [0.15, 0.2) is 24.3 Å². The summed E-state index contributed by atoms with van der Waals surface area (Å²) in [4.78, 5) is 0. The largest absolute Gasteiger partial charge is 0.326 e. The Labute approximate surface area is 316 Å². The predicted molar refractivity (Wildman–Crippen MR) is 227 cm³/mol. The lowest BCUT2D eigenvalue weighted by Gasteiger charge is -2.20. The summed E-state index contributed by atoms with van der Waals surface area (Å²) in [6.07, 6.45) is 53.3. The van der Waals surface area contributed by atoms with Crippen LogP contribution in [0, 0.1) is 0 Å². The van der Waals surface area contributed by atoms with Crippen LogP contribution in [-0.4, -0.2) is 6.04 Å². The predicted octanol–water partition coefficient (Wildman–Crippen LogP) is 16.1. The highest BCUT2D eigenvalue weighted by Crippen LogP contribution is 2.19. The molecule has 0 amide bonds. The van der Waals surface area contributed by atoms with E-state index in [1.807, 2.05) is 0 Å². The van der Waals surface area contributed by atoms with Gasteiger partial charge in [-0.2, -0.15) is 0 Å². The molecule has 1 aromatic carbocycles. The number of nitrogens with one attached hydrogen (secondary N) is 1. The minimum atomic E-state index is 0.640. The molecule has 0 bridgehead atoms. The molecule has 2 heteroatoms. The summed E-state index contributed by atoms with van der Waals surface area (Å²) in [5.74, 6) is 0. The van der Waals surface area contributed by atoms with Gasteiger partial charge >= 0.3 is 0 Å². The van der Waals surface area contributed by atoms with Gasteiger partial charge in [-0.3, -0.25) is 0 Å². The van der Waals surface area contributed by atoms with Crippen molar-refractivity contribution in [3.8, 4) is 0 Å². The zero-order valence-corrected chi connectivity index (χ0v) is 34.5. The van der Waals surface area contributed by atoms with Crippen LogP contribution in [-0.2, 0) is 13.1 Å². The Balaban J connectivity index is 2.07. The Morgan fingerprint density at radius 2 is 0.640 bits per heavy atom. The fourth-order valence-corrected chi connectivity index (χ4v) is 7.94. The average Bonchev–Trinajstić information content (AvgIpc) is 3.14. The van der Waals surface area contributed by atoms with Gasteiger partial charge in [0.15, 0.2) is 0 Å². The lowest BCUT2D eigenvalue weighted by molar-refractivity contribution is 0.409. The molecule has 0 aliphatic carbocycles. The Kier molecular flexibility index (Phi) is 37.1. The van der Waals surface area contributed by atoms with Crippen LogP contribution in [0.2, 0.25) is 0 Å². The fourth-order valence-electron chi connectivity index (χ4n) is 7.94. The maximum Gasteiger partial charge on any atom is 0.0211 e. The molecular weight excluding hydrogens is 605 g/mol. The van der Waals surface area contributed by atoms with Gasteiger partial charge in [0.1, 0.15) is 0 Å². The monoisotopic (exact) mass is 697 g/mol. The van der Waals surface area contributed by atoms with E-state index in [1.165, 1.54) is 249 Å². The van der Waals surface area contributed by atoms with Crippen molar-refractivity contribution in [2.45, 2.75) is 271 Å². The fraction of sp³-hybridized carbons (Fsp3) is 0.875. The van der Waals surface area contributed by atoms with Crippen molar-refractivity contribution in [2.75, 3.05) is 0 Å². The summed E-state index contributed by atoms with van der Waals surface area (Å²) in [5.41, 5.74) is 8.73. The number of unbranched alkanes of at least 4 members (excludes halogenated alkanes) is 33. The third kappa shape index (κ3) is 31.8. The molecule has 3 N–H and O–H groups in total. The van der Waals surface area contributed by atoms with Gasteiger partial charge < -0.3 is 11.1 Å². The van der Waals surface area contributed by atoms with Crippen molar-refractivity contribution in [3.05, 3.63) is 35.4 Å². The van der Waals surface area contributed by atoms with Crippen LogP contribution in [0.25, 0.3) is 0 Å². The number of hydrogen-bond acceptors (Lipinski definition) is 2. The highest BCUT2D eigenvalue weighted by Gasteiger charge is 2.10. The van der Waals surface area contributed by atoms with E-state index in [9.17, 15) is 0 Å². The quantitative estimate of drug-likeness (QED) is 0.0669. The van der Waals surface area contributed by atoms with Gasteiger partial charge in [-0.1, -0.05) is 263 Å². The third-order valence-electron chi connectivity index (χ3n) is 11.5. The van der Waals surface area contributed by atoms with E-state index in [2.05, 4.69) is 43.4 Å². The molecule has 0 aromatic heterocycles. The molecule has 1 unspecified atom stereocenters. The molecule has 0 aliphatic heterocycles. The molecule has 0 saturated carbocycles. The number of hydrogen-bond donors (Lipinski definition) is 2. The minimum Gasteiger partial charge on any atom is -0.326 e. The first-order valence-electron chi connectivity index (χ1n) is 23.3. The first kappa shape index (κ1) is 47.2. The molecule has 0 radical (unpaired) electrons. The Hall–Kier alpha value is -0.860. The highest BCUT2D eigenvalue weighted by atomic mass is 14.9. The molecule has 2 nitrogen and oxygen atoms in total. The molecule has 1 aromatic rings. The van der Waals surface area contributed by atoms with Crippen LogP contribution >= 0.6 is 0 Å². The van der Waals surface area contributed by atoms with E-state index in [0.717, 1.165) is 6.54 Å². The Morgan fingerprint density at radius 1 is 0.380 bits per heavy atom. The first-order chi connectivity index (χ1) is 24.8. The average molecular weight is 697 g/mol. The first-order valence-corrected chi connectivity index (χ1v) is 23.3. The summed E-state index contributed by atoms with van der Waals surface area (Å²) in [6.45, 7) is 6.23. The lowest BCUT2D eigenvalue weighted by atomic mass is 9.98. The van der Waals surface area contributed by atoms with E-state index < -0.39 is 0 Å². The lowest BCUT2D eigenvalue weighted by Crippen LogP contribution is -2.29. The number of rotatable bonds is 41. The smallest absolute Gasteiger partial charge is 0.0211 e. The van der Waals surface area contributed by atoms with E-state index in [4.69, 9.17) is 5.73 Å². The van der Waals surface area contributed by atoms with Crippen molar-refractivity contribution in [2.24, 2.45) is 5.73 Å². The highest BCUT2D eigenvalue weighted by molar-refractivity contribution is 5.26. The second-order valence-corrected chi connectivity index (χ2v) is 16.3. The van der Waals surface area contributed by atoms with Crippen LogP contribution < -0.4 is 11.1 Å². The van der Waals surface area contributed by atoms with Gasteiger partial charge in [0.25, 0.3) is 0 Å². The molecule has 294 valence electrons. The molecule has 50 heavy (non-hydrogen) atoms. The second-order valence-electron chi connectivity index (χ2n) is 16.3. The van der Waals surface area contributed by atoms with Crippen molar-refractivity contribution in [1.29, 1.82) is 0 Å². The van der Waals surface area contributed by atoms with Crippen LogP contribution in [0.1, 0.15) is 263 Å². The molecule has 0 heterocycles. The maximum atomic E-state index is 6.05. The van der Waals surface area contributed by atoms with E-state index in [1.54, 1.807) is 0 Å². The van der Waals surface area contributed by atoms with Gasteiger partial charge in [0.2, 0.25) is 0 Å².